The van der Waals surface area contributed by atoms with Crippen molar-refractivity contribution in [2.75, 3.05) is 6.54 Å². The summed E-state index contributed by atoms with van der Waals surface area (Å²) in [4.78, 5) is 24.0. The lowest BCUT2D eigenvalue weighted by molar-refractivity contribution is -0.124. The molecule has 20 heavy (non-hydrogen) atoms. The molecule has 5 nitrogen and oxygen atoms in total. The van der Waals surface area contributed by atoms with Gasteiger partial charge < -0.3 is 15.4 Å². The maximum absolute atomic E-state index is 12.2. The van der Waals surface area contributed by atoms with Gasteiger partial charge in [0, 0.05) is 6.54 Å². The fourth-order valence-corrected chi connectivity index (χ4v) is 1.55. The average molecular weight is 286 g/mol. The normalized spacial score (nSPS) is 14.6. The molecule has 0 radical (unpaired) electrons. The van der Waals surface area contributed by atoms with Crippen molar-refractivity contribution in [1.82, 2.24) is 10.6 Å². The number of nitrogens with one attached hydrogen (secondary N) is 2. The van der Waals surface area contributed by atoms with E-state index in [0.717, 1.165) is 6.42 Å². The summed E-state index contributed by atoms with van der Waals surface area (Å²) in [5, 5.41) is 5.53. The van der Waals surface area contributed by atoms with E-state index in [-0.39, 0.29) is 11.8 Å². The first-order valence-corrected chi connectivity index (χ1v) is 7.34. The number of carbonyl (C=O) groups is 2. The van der Waals surface area contributed by atoms with Crippen molar-refractivity contribution < 1.29 is 14.3 Å². The molecule has 0 aromatic heterocycles. The molecule has 2 N–H and O–H groups in total. The van der Waals surface area contributed by atoms with Crippen LogP contribution >= 0.6 is 0 Å². The van der Waals surface area contributed by atoms with Crippen LogP contribution in [0.5, 0.6) is 0 Å². The van der Waals surface area contributed by atoms with E-state index in [1.54, 1.807) is 20.8 Å². The smallest absolute Gasteiger partial charge is 0.408 e. The first kappa shape index (κ1) is 18.7. The highest BCUT2D eigenvalue weighted by molar-refractivity contribution is 5.85. The lowest BCUT2D eigenvalue weighted by Gasteiger charge is -2.26. The van der Waals surface area contributed by atoms with E-state index in [1.807, 2.05) is 27.7 Å². The number of carbonyl (C=O) groups excluding carboxylic acids is 2. The van der Waals surface area contributed by atoms with Crippen LogP contribution in [-0.4, -0.2) is 30.2 Å². The average Bonchev–Trinajstić information content (AvgIpc) is 2.29. The Labute approximate surface area is 122 Å². The van der Waals surface area contributed by atoms with E-state index in [4.69, 9.17) is 4.74 Å². The number of rotatable bonds is 6. The molecule has 0 rings (SSSR count). The summed E-state index contributed by atoms with van der Waals surface area (Å²) in [6.07, 6.45) is 0.248. The molecule has 118 valence electrons. The zero-order chi connectivity index (χ0) is 15.9. The van der Waals surface area contributed by atoms with E-state index in [2.05, 4.69) is 10.6 Å². The SMILES string of the molecule is CC[C@H](C)[C@H](NC(=O)OC(C)(C)C)C(=O)NCC(C)C. The zero-order valence-corrected chi connectivity index (χ0v) is 13.9. The van der Waals surface area contributed by atoms with Crippen LogP contribution in [-0.2, 0) is 9.53 Å². The monoisotopic (exact) mass is 286 g/mol. The van der Waals surface area contributed by atoms with Crippen LogP contribution in [0.4, 0.5) is 4.79 Å². The van der Waals surface area contributed by atoms with Gasteiger partial charge in [0.1, 0.15) is 11.6 Å². The molecule has 0 aliphatic carbocycles. The first-order chi connectivity index (χ1) is 9.06. The predicted octanol–water partition coefficient (Wildman–Crippen LogP) is 2.70. The van der Waals surface area contributed by atoms with Crippen LogP contribution in [0.3, 0.4) is 0 Å². The van der Waals surface area contributed by atoms with Crippen molar-refractivity contribution in [3.63, 3.8) is 0 Å². The molecule has 0 saturated carbocycles. The molecule has 0 aromatic carbocycles. The molecule has 0 fully saturated rings. The van der Waals surface area contributed by atoms with Crippen molar-refractivity contribution in [1.29, 1.82) is 0 Å². The van der Waals surface area contributed by atoms with E-state index >= 15 is 0 Å². The highest BCUT2D eigenvalue weighted by Gasteiger charge is 2.28. The summed E-state index contributed by atoms with van der Waals surface area (Å²) in [5.74, 6) is 0.270. The van der Waals surface area contributed by atoms with E-state index in [1.165, 1.54) is 0 Å². The maximum Gasteiger partial charge on any atom is 0.408 e. The van der Waals surface area contributed by atoms with Crippen LogP contribution in [0.1, 0.15) is 54.9 Å². The van der Waals surface area contributed by atoms with Gasteiger partial charge >= 0.3 is 6.09 Å². The second kappa shape index (κ2) is 8.12. The summed E-state index contributed by atoms with van der Waals surface area (Å²) in [5.41, 5.74) is -0.571. The van der Waals surface area contributed by atoms with Crippen molar-refractivity contribution in [2.45, 2.75) is 66.5 Å². The van der Waals surface area contributed by atoms with Crippen molar-refractivity contribution in [2.24, 2.45) is 11.8 Å². The molecule has 0 heterocycles. The van der Waals surface area contributed by atoms with Crippen LogP contribution in [0.15, 0.2) is 0 Å². The number of hydrogen-bond donors (Lipinski definition) is 2. The highest BCUT2D eigenvalue weighted by atomic mass is 16.6. The van der Waals surface area contributed by atoms with Crippen LogP contribution < -0.4 is 10.6 Å². The van der Waals surface area contributed by atoms with Gasteiger partial charge in [-0.15, -0.1) is 0 Å². The van der Waals surface area contributed by atoms with Gasteiger partial charge in [-0.1, -0.05) is 34.1 Å². The minimum atomic E-state index is -0.571. The van der Waals surface area contributed by atoms with Gasteiger partial charge in [0.25, 0.3) is 0 Å². The summed E-state index contributed by atoms with van der Waals surface area (Å²) in [7, 11) is 0. The minimum Gasteiger partial charge on any atom is -0.444 e. The summed E-state index contributed by atoms with van der Waals surface area (Å²) in [6, 6.07) is -0.561. The zero-order valence-electron chi connectivity index (χ0n) is 13.9. The molecule has 2 amide bonds. The molecule has 0 aliphatic rings. The third-order valence-electron chi connectivity index (χ3n) is 2.85. The molecule has 5 heteroatoms. The van der Waals surface area contributed by atoms with Gasteiger partial charge in [-0.25, -0.2) is 4.79 Å². The molecule has 0 aromatic rings. The number of hydrogen-bond acceptors (Lipinski definition) is 3. The largest absolute Gasteiger partial charge is 0.444 e. The van der Waals surface area contributed by atoms with Crippen molar-refractivity contribution in [3.05, 3.63) is 0 Å². The molecule has 0 saturated heterocycles. The standard InChI is InChI=1S/C15H30N2O3/c1-8-11(4)12(13(18)16-9-10(2)3)17-14(19)20-15(5,6)7/h10-12H,8-9H2,1-7H3,(H,16,18)(H,17,19)/t11-,12-/m0/s1. The molecule has 2 atom stereocenters. The minimum absolute atomic E-state index is 0.0506. The van der Waals surface area contributed by atoms with Crippen molar-refractivity contribution >= 4 is 12.0 Å². The van der Waals surface area contributed by atoms with Gasteiger partial charge in [-0.2, -0.15) is 0 Å². The predicted molar refractivity (Wildman–Crippen MR) is 80.5 cm³/mol. The molecule has 0 aliphatic heterocycles. The Morgan fingerprint density at radius 3 is 2.10 bits per heavy atom. The van der Waals surface area contributed by atoms with Crippen molar-refractivity contribution in [3.8, 4) is 0 Å². The Hall–Kier alpha value is -1.26. The number of ether oxygens (including phenoxy) is 1. The van der Waals surface area contributed by atoms with E-state index in [0.29, 0.717) is 12.5 Å². The lowest BCUT2D eigenvalue weighted by atomic mass is 9.98. The lowest BCUT2D eigenvalue weighted by Crippen LogP contribution is -2.51. The number of alkyl carbamates (subject to hydrolysis) is 1. The fraction of sp³-hybridized carbons (Fsp3) is 0.867. The van der Waals surface area contributed by atoms with Crippen LogP contribution in [0, 0.1) is 11.8 Å². The second-order valence-electron chi connectivity index (χ2n) is 6.65. The highest BCUT2D eigenvalue weighted by Crippen LogP contribution is 2.11. The fourth-order valence-electron chi connectivity index (χ4n) is 1.55. The molecular formula is C15H30N2O3. The third kappa shape index (κ3) is 8.02. The van der Waals surface area contributed by atoms with E-state index in [9.17, 15) is 9.59 Å². The van der Waals surface area contributed by atoms with Gasteiger partial charge in [-0.05, 0) is 32.6 Å². The summed E-state index contributed by atoms with van der Waals surface area (Å²) in [6.45, 7) is 14.0. The Morgan fingerprint density at radius 1 is 1.15 bits per heavy atom. The van der Waals surface area contributed by atoms with Gasteiger partial charge in [0.05, 0.1) is 0 Å². The van der Waals surface area contributed by atoms with Gasteiger partial charge in [0.15, 0.2) is 0 Å². The topological polar surface area (TPSA) is 67.4 Å². The Balaban J connectivity index is 4.64. The molecular weight excluding hydrogens is 256 g/mol. The third-order valence-corrected chi connectivity index (χ3v) is 2.85. The van der Waals surface area contributed by atoms with Gasteiger partial charge in [-0.3, -0.25) is 4.79 Å². The van der Waals surface area contributed by atoms with E-state index < -0.39 is 17.7 Å². The molecule has 0 unspecified atom stereocenters. The Morgan fingerprint density at radius 2 is 1.70 bits per heavy atom. The maximum atomic E-state index is 12.2. The molecule has 0 bridgehead atoms. The van der Waals surface area contributed by atoms with Gasteiger partial charge in [0.2, 0.25) is 5.91 Å². The number of amides is 2. The molecule has 0 spiro atoms. The van der Waals surface area contributed by atoms with Crippen LogP contribution in [0.25, 0.3) is 0 Å². The van der Waals surface area contributed by atoms with Crippen LogP contribution in [0.2, 0.25) is 0 Å². The Bertz CT molecular complexity index is 322. The Kier molecular flexibility index (Phi) is 7.61. The second-order valence-corrected chi connectivity index (χ2v) is 6.65. The summed E-state index contributed by atoms with van der Waals surface area (Å²) < 4.78 is 5.21. The summed E-state index contributed by atoms with van der Waals surface area (Å²) >= 11 is 0. The quantitative estimate of drug-likeness (QED) is 0.789. The first-order valence-electron chi connectivity index (χ1n) is 7.34.